The third-order valence-electron chi connectivity index (χ3n) is 4.52. The van der Waals surface area contributed by atoms with Crippen LogP contribution in [0.2, 0.25) is 0 Å². The monoisotopic (exact) mass is 408 g/mol. The van der Waals surface area contributed by atoms with Crippen LogP contribution in [0.25, 0.3) is 0 Å². The highest BCUT2D eigenvalue weighted by Crippen LogP contribution is 2.22. The molecular weight excluding hydrogens is 384 g/mol. The Hall–Kier alpha value is -3.68. The Kier molecular flexibility index (Phi) is 6.46. The van der Waals surface area contributed by atoms with Gasteiger partial charge in [0.1, 0.15) is 5.75 Å². The third kappa shape index (κ3) is 5.02. The maximum atomic E-state index is 12.9. The van der Waals surface area contributed by atoms with Gasteiger partial charge in [0, 0.05) is 19.7 Å². The van der Waals surface area contributed by atoms with E-state index in [0.717, 1.165) is 16.8 Å². The molecule has 3 rings (SSSR count). The standard InChI is InChI=1S/C22H24N4O4/c1-14-8-7-9-15(2)21(14)24-20(27)12-26(4)22(28)17-10-5-6-11-18(17)29-13-19-23-16(3)30-25-19/h5-11H,12-13H2,1-4H3,(H,24,27). The summed E-state index contributed by atoms with van der Waals surface area (Å²) in [5.41, 5.74) is 3.04. The minimum Gasteiger partial charge on any atom is -0.485 e. The maximum Gasteiger partial charge on any atom is 0.257 e. The van der Waals surface area contributed by atoms with Crippen molar-refractivity contribution in [3.8, 4) is 5.75 Å². The Morgan fingerprint density at radius 3 is 2.43 bits per heavy atom. The topological polar surface area (TPSA) is 97.6 Å². The molecule has 8 heteroatoms. The zero-order chi connectivity index (χ0) is 21.7. The van der Waals surface area contributed by atoms with Crippen molar-refractivity contribution < 1.29 is 18.8 Å². The van der Waals surface area contributed by atoms with Crippen molar-refractivity contribution in [2.45, 2.75) is 27.4 Å². The molecule has 0 radical (unpaired) electrons. The number of anilines is 1. The first-order chi connectivity index (χ1) is 14.3. The molecule has 0 saturated heterocycles. The number of hydrogen-bond acceptors (Lipinski definition) is 6. The minimum atomic E-state index is -0.327. The van der Waals surface area contributed by atoms with Gasteiger partial charge in [0.05, 0.1) is 12.1 Å². The van der Waals surface area contributed by atoms with Gasteiger partial charge >= 0.3 is 0 Å². The number of hydrogen-bond donors (Lipinski definition) is 1. The van der Waals surface area contributed by atoms with Crippen LogP contribution in [0.5, 0.6) is 5.75 Å². The Balaban J connectivity index is 1.66. The molecule has 0 aliphatic heterocycles. The molecule has 0 aliphatic carbocycles. The molecule has 0 saturated carbocycles. The molecule has 0 bridgehead atoms. The van der Waals surface area contributed by atoms with E-state index >= 15 is 0 Å². The fourth-order valence-electron chi connectivity index (χ4n) is 2.99. The molecule has 30 heavy (non-hydrogen) atoms. The molecule has 2 aromatic carbocycles. The van der Waals surface area contributed by atoms with E-state index in [1.165, 1.54) is 4.90 Å². The van der Waals surface area contributed by atoms with E-state index in [0.29, 0.717) is 23.0 Å². The number of aromatic nitrogens is 2. The van der Waals surface area contributed by atoms with E-state index in [1.54, 1.807) is 38.2 Å². The molecule has 2 amide bonds. The number of para-hydroxylation sites is 2. The lowest BCUT2D eigenvalue weighted by atomic mass is 10.1. The average molecular weight is 408 g/mol. The average Bonchev–Trinajstić information content (AvgIpc) is 3.14. The van der Waals surface area contributed by atoms with Crippen molar-refractivity contribution in [1.82, 2.24) is 15.0 Å². The van der Waals surface area contributed by atoms with Crippen LogP contribution in [-0.4, -0.2) is 40.4 Å². The maximum absolute atomic E-state index is 12.9. The SMILES string of the molecule is Cc1nc(COc2ccccc2C(=O)N(C)CC(=O)Nc2c(C)cccc2C)no1. The summed E-state index contributed by atoms with van der Waals surface area (Å²) in [5, 5.41) is 6.66. The number of amides is 2. The Bertz CT molecular complexity index is 1040. The van der Waals surface area contributed by atoms with Crippen LogP contribution in [0.1, 0.15) is 33.2 Å². The molecule has 8 nitrogen and oxygen atoms in total. The Labute approximate surface area is 174 Å². The lowest BCUT2D eigenvalue weighted by Crippen LogP contribution is -2.35. The number of nitrogens with one attached hydrogen (secondary N) is 1. The van der Waals surface area contributed by atoms with Crippen molar-refractivity contribution >= 4 is 17.5 Å². The van der Waals surface area contributed by atoms with Crippen molar-refractivity contribution in [3.05, 3.63) is 70.9 Å². The van der Waals surface area contributed by atoms with Crippen LogP contribution >= 0.6 is 0 Å². The number of aryl methyl sites for hydroxylation is 3. The van der Waals surface area contributed by atoms with E-state index in [2.05, 4.69) is 15.5 Å². The van der Waals surface area contributed by atoms with E-state index in [-0.39, 0.29) is 25.0 Å². The van der Waals surface area contributed by atoms with Crippen LogP contribution in [-0.2, 0) is 11.4 Å². The second-order valence-electron chi connectivity index (χ2n) is 6.99. The molecule has 0 unspecified atom stereocenters. The van der Waals surface area contributed by atoms with Gasteiger partial charge in [0.25, 0.3) is 5.91 Å². The van der Waals surface area contributed by atoms with E-state index in [4.69, 9.17) is 9.26 Å². The summed E-state index contributed by atoms with van der Waals surface area (Å²) in [6, 6.07) is 12.6. The number of ether oxygens (including phenoxy) is 1. The van der Waals surface area contributed by atoms with Gasteiger partial charge in [0.2, 0.25) is 17.6 Å². The lowest BCUT2D eigenvalue weighted by molar-refractivity contribution is -0.116. The molecule has 0 atom stereocenters. The number of benzene rings is 2. The molecule has 156 valence electrons. The van der Waals surface area contributed by atoms with Crippen LogP contribution in [0, 0.1) is 20.8 Å². The number of likely N-dealkylation sites (N-methyl/N-ethyl adjacent to an activating group) is 1. The predicted octanol–water partition coefficient (Wildman–Crippen LogP) is 3.28. The molecule has 0 spiro atoms. The molecule has 0 fully saturated rings. The van der Waals surface area contributed by atoms with Crippen molar-refractivity contribution in [1.29, 1.82) is 0 Å². The van der Waals surface area contributed by atoms with Crippen molar-refractivity contribution in [3.63, 3.8) is 0 Å². The minimum absolute atomic E-state index is 0.0679. The summed E-state index contributed by atoms with van der Waals surface area (Å²) in [6.07, 6.45) is 0. The highest BCUT2D eigenvalue weighted by atomic mass is 16.5. The van der Waals surface area contributed by atoms with Gasteiger partial charge in [-0.15, -0.1) is 0 Å². The summed E-state index contributed by atoms with van der Waals surface area (Å²) >= 11 is 0. The lowest BCUT2D eigenvalue weighted by Gasteiger charge is -2.19. The third-order valence-corrected chi connectivity index (χ3v) is 4.52. The summed E-state index contributed by atoms with van der Waals surface area (Å²) in [6.45, 7) is 5.52. The van der Waals surface area contributed by atoms with E-state index in [1.807, 2.05) is 32.0 Å². The smallest absolute Gasteiger partial charge is 0.257 e. The quantitative estimate of drug-likeness (QED) is 0.644. The second kappa shape index (κ2) is 9.21. The van der Waals surface area contributed by atoms with Gasteiger partial charge in [-0.05, 0) is 37.1 Å². The fraction of sp³-hybridized carbons (Fsp3) is 0.273. The van der Waals surface area contributed by atoms with Gasteiger partial charge in [-0.3, -0.25) is 9.59 Å². The van der Waals surface area contributed by atoms with Crippen LogP contribution < -0.4 is 10.1 Å². The highest BCUT2D eigenvalue weighted by molar-refractivity contribution is 6.01. The van der Waals surface area contributed by atoms with Crippen molar-refractivity contribution in [2.75, 3.05) is 18.9 Å². The van der Waals surface area contributed by atoms with Crippen LogP contribution in [0.4, 0.5) is 5.69 Å². The highest BCUT2D eigenvalue weighted by Gasteiger charge is 2.20. The summed E-state index contributed by atoms with van der Waals surface area (Å²) in [7, 11) is 1.58. The number of rotatable bonds is 7. The summed E-state index contributed by atoms with van der Waals surface area (Å²) in [5.74, 6) is 0.603. The van der Waals surface area contributed by atoms with Crippen LogP contribution in [0.15, 0.2) is 47.0 Å². The van der Waals surface area contributed by atoms with Gasteiger partial charge < -0.3 is 19.5 Å². The second-order valence-corrected chi connectivity index (χ2v) is 6.99. The molecule has 3 aromatic rings. The zero-order valence-corrected chi connectivity index (χ0v) is 17.4. The molecule has 1 N–H and O–H groups in total. The first kappa shape index (κ1) is 21.0. The first-order valence-electron chi connectivity index (χ1n) is 9.47. The normalized spacial score (nSPS) is 10.5. The van der Waals surface area contributed by atoms with E-state index < -0.39 is 0 Å². The van der Waals surface area contributed by atoms with Gasteiger partial charge in [-0.1, -0.05) is 35.5 Å². The Morgan fingerprint density at radius 2 is 1.77 bits per heavy atom. The number of nitrogens with zero attached hydrogens (tertiary/aromatic N) is 3. The van der Waals surface area contributed by atoms with Gasteiger partial charge in [0.15, 0.2) is 6.61 Å². The first-order valence-corrected chi connectivity index (χ1v) is 9.47. The van der Waals surface area contributed by atoms with Crippen LogP contribution in [0.3, 0.4) is 0 Å². The van der Waals surface area contributed by atoms with E-state index in [9.17, 15) is 9.59 Å². The van der Waals surface area contributed by atoms with Crippen molar-refractivity contribution in [2.24, 2.45) is 0 Å². The molecule has 0 aliphatic rings. The fourth-order valence-corrected chi connectivity index (χ4v) is 2.99. The number of carbonyl (C=O) groups excluding carboxylic acids is 2. The Morgan fingerprint density at radius 1 is 1.07 bits per heavy atom. The molecule has 1 aromatic heterocycles. The van der Waals surface area contributed by atoms with Gasteiger partial charge in [-0.2, -0.15) is 4.98 Å². The molecular formula is C22H24N4O4. The predicted molar refractivity (Wildman–Crippen MR) is 111 cm³/mol. The summed E-state index contributed by atoms with van der Waals surface area (Å²) in [4.78, 5) is 30.8. The van der Waals surface area contributed by atoms with Gasteiger partial charge in [-0.25, -0.2) is 0 Å². The molecule has 1 heterocycles. The zero-order valence-electron chi connectivity index (χ0n) is 17.4. The summed E-state index contributed by atoms with van der Waals surface area (Å²) < 4.78 is 10.6. The number of carbonyl (C=O) groups is 2. The largest absolute Gasteiger partial charge is 0.485 e.